The lowest BCUT2D eigenvalue weighted by molar-refractivity contribution is -0.00445. The number of ether oxygens (including phenoxy) is 1. The van der Waals surface area contributed by atoms with Gasteiger partial charge in [0, 0.05) is 5.02 Å². The van der Waals surface area contributed by atoms with Crippen LogP contribution in [0.25, 0.3) is 0 Å². The molecular weight excluding hydrogens is 404 g/mol. The van der Waals surface area contributed by atoms with Crippen molar-refractivity contribution in [3.63, 3.8) is 0 Å². The molecule has 3 aromatic rings. The zero-order valence-corrected chi connectivity index (χ0v) is 19.2. The van der Waals surface area contributed by atoms with E-state index < -0.39 is 11.8 Å². The molecule has 0 aliphatic rings. The van der Waals surface area contributed by atoms with Crippen LogP contribution < -0.4 is 4.74 Å². The van der Waals surface area contributed by atoms with Gasteiger partial charge in [-0.2, -0.15) is 5.10 Å². The fourth-order valence-corrected chi connectivity index (χ4v) is 3.29. The average Bonchev–Trinajstić information content (AvgIpc) is 3.33. The highest BCUT2D eigenvalue weighted by Gasteiger charge is 2.42. The first-order valence-corrected chi connectivity index (χ1v) is 10.1. The number of hydrogen-bond acceptors (Lipinski definition) is 7. The fraction of sp³-hybridized carbons (Fsp3) is 0.550. The second kappa shape index (κ2) is 8.31. The lowest BCUT2D eigenvalue weighted by atomic mass is 9.85. The molecule has 2 atom stereocenters. The molecule has 0 aliphatic carbocycles. The number of aromatic nitrogens is 7. The van der Waals surface area contributed by atoms with Gasteiger partial charge in [-0.15, -0.1) is 5.10 Å². The molecule has 0 aliphatic heterocycles. The molecule has 0 amide bonds. The van der Waals surface area contributed by atoms with E-state index in [1.165, 1.54) is 6.33 Å². The first kappa shape index (κ1) is 22.2. The van der Waals surface area contributed by atoms with Gasteiger partial charge in [0.1, 0.15) is 24.4 Å². The molecule has 0 unspecified atom stereocenters. The van der Waals surface area contributed by atoms with Gasteiger partial charge >= 0.3 is 0 Å². The summed E-state index contributed by atoms with van der Waals surface area (Å²) >= 11 is 6.05. The van der Waals surface area contributed by atoms with Crippen molar-refractivity contribution in [2.24, 2.45) is 5.41 Å². The molecule has 9 nitrogen and oxygen atoms in total. The van der Waals surface area contributed by atoms with E-state index in [4.69, 9.17) is 16.3 Å². The zero-order valence-electron chi connectivity index (χ0n) is 18.5. The molecule has 0 saturated heterocycles. The predicted octanol–water partition coefficient (Wildman–Crippen LogP) is 3.58. The van der Waals surface area contributed by atoms with Crippen LogP contribution in [-0.2, 0) is 5.54 Å². The summed E-state index contributed by atoms with van der Waals surface area (Å²) in [5.74, 6) is 1.40. The van der Waals surface area contributed by atoms with Crippen LogP contribution in [-0.4, -0.2) is 54.0 Å². The largest absolute Gasteiger partial charge is 0.466 e. The molecule has 2 heterocycles. The summed E-state index contributed by atoms with van der Waals surface area (Å²) < 4.78 is 9.97. The normalized spacial score (nSPS) is 14.7. The van der Waals surface area contributed by atoms with Crippen molar-refractivity contribution in [3.8, 4) is 5.75 Å². The van der Waals surface area contributed by atoms with Crippen LogP contribution in [0.4, 0.5) is 0 Å². The maximum absolute atomic E-state index is 6.43. The average molecular weight is 433 g/mol. The SMILES string of the molecule is CN(C)C(C)(C)c1nnnn1[C@@H]([C@@H](Oc1ccc(Cl)cc1)n1cncn1)C(C)(C)C. The smallest absolute Gasteiger partial charge is 0.215 e. The Kier molecular flexibility index (Phi) is 6.14. The quantitative estimate of drug-likeness (QED) is 0.563. The lowest BCUT2D eigenvalue weighted by Gasteiger charge is -2.39. The fourth-order valence-electron chi connectivity index (χ4n) is 3.16. The van der Waals surface area contributed by atoms with E-state index >= 15 is 0 Å². The van der Waals surface area contributed by atoms with Crippen molar-refractivity contribution in [2.75, 3.05) is 14.1 Å². The molecule has 3 rings (SSSR count). The Labute approximate surface area is 182 Å². The van der Waals surface area contributed by atoms with Gasteiger partial charge in [0.15, 0.2) is 5.82 Å². The Balaban J connectivity index is 2.13. The van der Waals surface area contributed by atoms with Crippen molar-refractivity contribution in [1.82, 2.24) is 39.9 Å². The number of hydrogen-bond donors (Lipinski definition) is 0. The van der Waals surface area contributed by atoms with Crippen LogP contribution in [0, 0.1) is 5.41 Å². The summed E-state index contributed by atoms with van der Waals surface area (Å²) in [6, 6.07) is 6.95. The van der Waals surface area contributed by atoms with Gasteiger partial charge in [-0.1, -0.05) is 32.4 Å². The first-order chi connectivity index (χ1) is 14.0. The van der Waals surface area contributed by atoms with Gasteiger partial charge in [0.05, 0.1) is 5.54 Å². The summed E-state index contributed by atoms with van der Waals surface area (Å²) in [5.41, 5.74) is -0.685. The van der Waals surface area contributed by atoms with Gasteiger partial charge in [-0.25, -0.2) is 14.3 Å². The predicted molar refractivity (Wildman–Crippen MR) is 114 cm³/mol. The highest BCUT2D eigenvalue weighted by Crippen LogP contribution is 2.41. The van der Waals surface area contributed by atoms with Crippen molar-refractivity contribution in [1.29, 1.82) is 0 Å². The molecular formula is C20H29ClN8O. The maximum atomic E-state index is 6.43. The van der Waals surface area contributed by atoms with E-state index in [-0.39, 0.29) is 11.5 Å². The summed E-state index contributed by atoms with van der Waals surface area (Å²) in [7, 11) is 4.01. The molecule has 0 fully saturated rings. The van der Waals surface area contributed by atoms with E-state index in [1.54, 1.807) is 23.1 Å². The summed E-state index contributed by atoms with van der Waals surface area (Å²) in [5, 5.41) is 17.8. The summed E-state index contributed by atoms with van der Waals surface area (Å²) in [6.45, 7) is 10.5. The molecule has 0 spiro atoms. The molecule has 0 saturated carbocycles. The minimum absolute atomic E-state index is 0.282. The zero-order chi connectivity index (χ0) is 22.1. The Bertz CT molecular complexity index is 944. The van der Waals surface area contributed by atoms with Gasteiger partial charge in [0.2, 0.25) is 6.23 Å². The van der Waals surface area contributed by atoms with Crippen LogP contribution in [0.15, 0.2) is 36.9 Å². The summed E-state index contributed by atoms with van der Waals surface area (Å²) in [4.78, 5) is 6.21. The first-order valence-electron chi connectivity index (χ1n) is 9.74. The Morgan fingerprint density at radius 3 is 2.27 bits per heavy atom. The van der Waals surface area contributed by atoms with Crippen LogP contribution in [0.2, 0.25) is 5.02 Å². The van der Waals surface area contributed by atoms with Crippen LogP contribution in [0.1, 0.15) is 52.7 Å². The molecule has 10 heteroatoms. The van der Waals surface area contributed by atoms with E-state index in [0.29, 0.717) is 10.8 Å². The number of tetrazole rings is 1. The second-order valence-electron chi connectivity index (χ2n) is 9.05. The van der Waals surface area contributed by atoms with Gasteiger partial charge in [0.25, 0.3) is 0 Å². The van der Waals surface area contributed by atoms with Crippen LogP contribution in [0.3, 0.4) is 0 Å². The second-order valence-corrected chi connectivity index (χ2v) is 9.49. The highest BCUT2D eigenvalue weighted by atomic mass is 35.5. The molecule has 1 aromatic carbocycles. The molecule has 0 radical (unpaired) electrons. The van der Waals surface area contributed by atoms with Gasteiger partial charge in [-0.3, -0.25) is 4.90 Å². The Hall–Kier alpha value is -2.52. The third-order valence-electron chi connectivity index (χ3n) is 5.35. The molecule has 2 aromatic heterocycles. The van der Waals surface area contributed by atoms with Crippen molar-refractivity contribution in [2.45, 2.75) is 52.4 Å². The minimum Gasteiger partial charge on any atom is -0.466 e. The molecule has 0 bridgehead atoms. The van der Waals surface area contributed by atoms with Crippen molar-refractivity contribution in [3.05, 3.63) is 47.8 Å². The van der Waals surface area contributed by atoms with E-state index in [0.717, 1.165) is 5.82 Å². The maximum Gasteiger partial charge on any atom is 0.215 e. The van der Waals surface area contributed by atoms with Crippen molar-refractivity contribution >= 4 is 11.6 Å². The number of halogens is 1. The van der Waals surface area contributed by atoms with Crippen LogP contribution >= 0.6 is 11.6 Å². The van der Waals surface area contributed by atoms with Crippen molar-refractivity contribution < 1.29 is 4.74 Å². The van der Waals surface area contributed by atoms with Crippen LogP contribution in [0.5, 0.6) is 5.75 Å². The minimum atomic E-state index is -0.547. The lowest BCUT2D eigenvalue weighted by Crippen LogP contribution is -2.43. The number of rotatable bonds is 7. The molecule has 30 heavy (non-hydrogen) atoms. The monoisotopic (exact) mass is 432 g/mol. The Morgan fingerprint density at radius 1 is 1.07 bits per heavy atom. The van der Waals surface area contributed by atoms with Gasteiger partial charge < -0.3 is 4.74 Å². The topological polar surface area (TPSA) is 86.8 Å². The van der Waals surface area contributed by atoms with Gasteiger partial charge in [-0.05, 0) is 68.1 Å². The van der Waals surface area contributed by atoms with E-state index in [1.807, 2.05) is 30.9 Å². The number of benzene rings is 1. The third kappa shape index (κ3) is 4.46. The summed E-state index contributed by atoms with van der Waals surface area (Å²) in [6.07, 6.45) is 2.58. The Morgan fingerprint density at radius 2 is 1.73 bits per heavy atom. The van der Waals surface area contributed by atoms with E-state index in [9.17, 15) is 0 Å². The molecule has 162 valence electrons. The molecule has 0 N–H and O–H groups in total. The van der Waals surface area contributed by atoms with E-state index in [2.05, 4.69) is 65.1 Å². The third-order valence-corrected chi connectivity index (χ3v) is 5.60. The standard InChI is InChI=1S/C20H29ClN8O/c1-19(2,3)16(29-18(24-25-26-29)20(4,5)27(6)7)17(28-13-22-12-23-28)30-15-10-8-14(21)9-11-15/h8-13,16-17H,1-7H3/t16-,17+/m0/s1. The highest BCUT2D eigenvalue weighted by molar-refractivity contribution is 6.30. The number of nitrogens with zero attached hydrogens (tertiary/aromatic N) is 8.